The number of nitrogens with one attached hydrogen (secondary N) is 1. The van der Waals surface area contributed by atoms with Crippen LogP contribution in [-0.4, -0.2) is 48.4 Å². The van der Waals surface area contributed by atoms with E-state index in [4.69, 9.17) is 9.57 Å². The normalized spacial score (nSPS) is 22.7. The first-order valence-electron chi connectivity index (χ1n) is 7.13. The smallest absolute Gasteiger partial charge is 0.410 e. The van der Waals surface area contributed by atoms with Crippen LogP contribution < -0.4 is 5.48 Å². The van der Waals surface area contributed by atoms with Crippen LogP contribution in [0.4, 0.5) is 4.79 Å². The van der Waals surface area contributed by atoms with Crippen LogP contribution in [0.15, 0.2) is 30.3 Å². The van der Waals surface area contributed by atoms with Gasteiger partial charge < -0.3 is 19.6 Å². The lowest BCUT2D eigenvalue weighted by atomic mass is 10.1. The summed E-state index contributed by atoms with van der Waals surface area (Å²) < 4.78 is 5.32. The van der Waals surface area contributed by atoms with Crippen molar-refractivity contribution in [1.29, 1.82) is 0 Å². The summed E-state index contributed by atoms with van der Waals surface area (Å²) in [5.41, 5.74) is 3.68. The van der Waals surface area contributed by atoms with E-state index in [2.05, 4.69) is 5.48 Å². The maximum absolute atomic E-state index is 12.1. The summed E-state index contributed by atoms with van der Waals surface area (Å²) in [5, 5.41) is 9.97. The molecule has 1 amide bonds. The second-order valence-corrected chi connectivity index (χ2v) is 5.12. The Labute approximate surface area is 124 Å². The number of hydrogen-bond donors (Lipinski definition) is 2. The second kappa shape index (κ2) is 7.97. The second-order valence-electron chi connectivity index (χ2n) is 5.12. The third-order valence-electron chi connectivity index (χ3n) is 3.54. The predicted molar refractivity (Wildman–Crippen MR) is 77.4 cm³/mol. The average Bonchev–Trinajstić information content (AvgIpc) is 2.69. The number of benzene rings is 1. The van der Waals surface area contributed by atoms with E-state index in [1.165, 1.54) is 7.11 Å². The van der Waals surface area contributed by atoms with Crippen molar-refractivity contribution in [3.63, 3.8) is 0 Å². The predicted octanol–water partition coefficient (Wildman–Crippen LogP) is 1.30. The van der Waals surface area contributed by atoms with Gasteiger partial charge in [0.05, 0.1) is 19.3 Å². The Morgan fingerprint density at radius 3 is 2.90 bits per heavy atom. The van der Waals surface area contributed by atoms with Gasteiger partial charge in [0, 0.05) is 13.1 Å². The van der Waals surface area contributed by atoms with Crippen LogP contribution in [0.25, 0.3) is 0 Å². The van der Waals surface area contributed by atoms with Gasteiger partial charge in [0.2, 0.25) is 0 Å². The Morgan fingerprint density at radius 2 is 2.19 bits per heavy atom. The van der Waals surface area contributed by atoms with E-state index in [-0.39, 0.29) is 18.7 Å². The van der Waals surface area contributed by atoms with Crippen LogP contribution in [0.2, 0.25) is 0 Å². The van der Waals surface area contributed by atoms with Crippen LogP contribution in [0.5, 0.6) is 0 Å². The van der Waals surface area contributed by atoms with Crippen LogP contribution in [-0.2, 0) is 16.2 Å². The molecule has 1 aliphatic rings. The third-order valence-corrected chi connectivity index (χ3v) is 3.54. The van der Waals surface area contributed by atoms with Crippen LogP contribution in [0.3, 0.4) is 0 Å². The molecule has 1 aliphatic heterocycles. The molecule has 2 atom stereocenters. The van der Waals surface area contributed by atoms with Crippen molar-refractivity contribution >= 4 is 6.09 Å². The first kappa shape index (κ1) is 15.8. The Balaban J connectivity index is 1.88. The molecule has 2 rings (SSSR count). The summed E-state index contributed by atoms with van der Waals surface area (Å²) in [6.07, 6.45) is 0.472. The number of likely N-dealkylation sites (tertiary alicyclic amines) is 1. The molecule has 21 heavy (non-hydrogen) atoms. The number of aliphatic hydroxyl groups is 1. The minimum Gasteiger partial charge on any atom is -0.445 e. The fraction of sp³-hybridized carbons (Fsp3) is 0.533. The average molecular weight is 294 g/mol. The highest BCUT2D eigenvalue weighted by Gasteiger charge is 2.28. The van der Waals surface area contributed by atoms with E-state index in [1.54, 1.807) is 4.90 Å². The fourth-order valence-electron chi connectivity index (χ4n) is 2.39. The first-order chi connectivity index (χ1) is 10.2. The molecule has 0 spiro atoms. The van der Waals surface area contributed by atoms with E-state index in [1.807, 2.05) is 30.3 Å². The lowest BCUT2D eigenvalue weighted by molar-refractivity contribution is -0.00104. The van der Waals surface area contributed by atoms with Crippen molar-refractivity contribution in [1.82, 2.24) is 10.4 Å². The monoisotopic (exact) mass is 294 g/mol. The maximum atomic E-state index is 12.1. The highest BCUT2D eigenvalue weighted by Crippen LogP contribution is 2.13. The molecule has 6 heteroatoms. The van der Waals surface area contributed by atoms with Gasteiger partial charge in [0.1, 0.15) is 6.61 Å². The quantitative estimate of drug-likeness (QED) is 0.819. The number of ether oxygens (including phenoxy) is 1. The number of rotatable bonds is 4. The van der Waals surface area contributed by atoms with E-state index in [0.717, 1.165) is 12.0 Å². The van der Waals surface area contributed by atoms with Gasteiger partial charge in [0.15, 0.2) is 0 Å². The van der Waals surface area contributed by atoms with Gasteiger partial charge in [-0.3, -0.25) is 0 Å². The van der Waals surface area contributed by atoms with E-state index in [0.29, 0.717) is 19.5 Å². The molecule has 0 unspecified atom stereocenters. The molecule has 0 saturated carbocycles. The highest BCUT2D eigenvalue weighted by molar-refractivity contribution is 5.67. The lowest BCUT2D eigenvalue weighted by Gasteiger charge is -2.25. The molecule has 1 heterocycles. The molecule has 2 N–H and O–H groups in total. The molecule has 0 aromatic heterocycles. The van der Waals surface area contributed by atoms with Gasteiger partial charge in [-0.05, 0) is 18.4 Å². The number of amides is 1. The SMILES string of the molecule is CON[C@H]1CN(C(=O)OCc2ccccc2)CCC[C@@H]1O. The molecule has 0 aliphatic carbocycles. The van der Waals surface area contributed by atoms with Gasteiger partial charge >= 0.3 is 6.09 Å². The molecule has 0 radical (unpaired) electrons. The van der Waals surface area contributed by atoms with Crippen molar-refractivity contribution < 1.29 is 19.5 Å². The minimum atomic E-state index is -0.531. The number of hydrogen-bond acceptors (Lipinski definition) is 5. The molecular formula is C15H22N2O4. The molecule has 116 valence electrons. The van der Waals surface area contributed by atoms with Crippen LogP contribution in [0, 0.1) is 0 Å². The summed E-state index contributed by atoms with van der Waals surface area (Å²) in [6, 6.07) is 9.25. The molecule has 1 fully saturated rings. The molecule has 1 aromatic rings. The minimum absolute atomic E-state index is 0.251. The van der Waals surface area contributed by atoms with Crippen LogP contribution in [0.1, 0.15) is 18.4 Å². The van der Waals surface area contributed by atoms with Crippen molar-refractivity contribution in [3.8, 4) is 0 Å². The van der Waals surface area contributed by atoms with Gasteiger partial charge in [-0.2, -0.15) is 5.48 Å². The molecule has 6 nitrogen and oxygen atoms in total. The zero-order valence-corrected chi connectivity index (χ0v) is 12.2. The highest BCUT2D eigenvalue weighted by atomic mass is 16.6. The number of nitrogens with zero attached hydrogens (tertiary/aromatic N) is 1. The van der Waals surface area contributed by atoms with Crippen molar-refractivity contribution in [2.45, 2.75) is 31.6 Å². The van der Waals surface area contributed by atoms with Gasteiger partial charge in [-0.25, -0.2) is 4.79 Å². The zero-order valence-electron chi connectivity index (χ0n) is 12.2. The summed E-state index contributed by atoms with van der Waals surface area (Å²) in [4.78, 5) is 18.6. The summed E-state index contributed by atoms with van der Waals surface area (Å²) in [6.45, 7) is 1.19. The summed E-state index contributed by atoms with van der Waals surface area (Å²) in [7, 11) is 1.50. The Morgan fingerprint density at radius 1 is 1.43 bits per heavy atom. The topological polar surface area (TPSA) is 71.0 Å². The Bertz CT molecular complexity index is 441. The van der Waals surface area contributed by atoms with Gasteiger partial charge in [-0.15, -0.1) is 0 Å². The lowest BCUT2D eigenvalue weighted by Crippen LogP contribution is -2.47. The van der Waals surface area contributed by atoms with Crippen molar-refractivity contribution in [2.24, 2.45) is 0 Å². The molecular weight excluding hydrogens is 272 g/mol. The van der Waals surface area contributed by atoms with E-state index < -0.39 is 6.10 Å². The molecule has 1 aromatic carbocycles. The van der Waals surface area contributed by atoms with Crippen molar-refractivity contribution in [2.75, 3.05) is 20.2 Å². The standard InChI is InChI=1S/C15H22N2O4/c1-20-16-13-10-17(9-5-8-14(13)18)15(19)21-11-12-6-3-2-4-7-12/h2-4,6-7,13-14,16,18H,5,8-11H2,1H3/t13-,14-/m0/s1. The number of carbonyl (C=O) groups is 1. The molecule has 0 bridgehead atoms. The number of carbonyl (C=O) groups excluding carboxylic acids is 1. The summed E-state index contributed by atoms with van der Waals surface area (Å²) >= 11 is 0. The third kappa shape index (κ3) is 4.70. The fourth-order valence-corrected chi connectivity index (χ4v) is 2.39. The zero-order chi connectivity index (χ0) is 15.1. The number of hydroxylamine groups is 1. The largest absolute Gasteiger partial charge is 0.445 e. The van der Waals surface area contributed by atoms with Crippen molar-refractivity contribution in [3.05, 3.63) is 35.9 Å². The van der Waals surface area contributed by atoms with E-state index in [9.17, 15) is 9.90 Å². The van der Waals surface area contributed by atoms with E-state index >= 15 is 0 Å². The van der Waals surface area contributed by atoms with Gasteiger partial charge in [-0.1, -0.05) is 30.3 Å². The molecule has 1 saturated heterocycles. The first-order valence-corrected chi connectivity index (χ1v) is 7.13. The maximum Gasteiger partial charge on any atom is 0.410 e. The number of aliphatic hydroxyl groups excluding tert-OH is 1. The van der Waals surface area contributed by atoms with Gasteiger partial charge in [0.25, 0.3) is 0 Å². The summed E-state index contributed by atoms with van der Waals surface area (Å²) in [5.74, 6) is 0. The van der Waals surface area contributed by atoms with Crippen LogP contribution >= 0.6 is 0 Å². The Hall–Kier alpha value is -1.63. The Kier molecular flexibility index (Phi) is 5.98.